The van der Waals surface area contributed by atoms with Crippen LogP contribution in [0, 0.1) is 5.92 Å². The number of aromatic nitrogens is 1. The Morgan fingerprint density at radius 1 is 1.27 bits per heavy atom. The Hall–Kier alpha value is -2.03. The van der Waals surface area contributed by atoms with E-state index in [1.165, 1.54) is 0 Å². The van der Waals surface area contributed by atoms with Crippen LogP contribution >= 0.6 is 11.3 Å². The summed E-state index contributed by atoms with van der Waals surface area (Å²) in [4.78, 5) is 8.11. The third-order valence-corrected chi connectivity index (χ3v) is 4.24. The average Bonchev–Trinajstić information content (AvgIpc) is 3.23. The molecule has 0 radical (unpaired) electrons. The number of furan rings is 1. The Balaban J connectivity index is 1.81. The van der Waals surface area contributed by atoms with E-state index in [0.29, 0.717) is 42.9 Å². The Morgan fingerprint density at radius 3 is 2.58 bits per heavy atom. The van der Waals surface area contributed by atoms with Crippen molar-refractivity contribution in [3.05, 3.63) is 40.2 Å². The molecule has 2 rings (SSSR count). The van der Waals surface area contributed by atoms with Gasteiger partial charge in [-0.2, -0.15) is 13.2 Å². The van der Waals surface area contributed by atoms with Gasteiger partial charge < -0.3 is 15.1 Å². The summed E-state index contributed by atoms with van der Waals surface area (Å²) in [6.07, 6.45) is -1.64. The van der Waals surface area contributed by atoms with E-state index < -0.39 is 11.9 Å². The molecule has 0 aromatic carbocycles. The van der Waals surface area contributed by atoms with Gasteiger partial charge in [-0.05, 0) is 18.1 Å². The van der Waals surface area contributed by atoms with Gasteiger partial charge in [0.15, 0.2) is 11.7 Å². The first-order chi connectivity index (χ1) is 12.3. The Labute approximate surface area is 154 Å². The number of rotatable bonds is 8. The highest BCUT2D eigenvalue weighted by atomic mass is 32.1. The number of guanidine groups is 1. The minimum absolute atomic E-state index is 0.404. The summed E-state index contributed by atoms with van der Waals surface area (Å²) in [7, 11) is 0. The van der Waals surface area contributed by atoms with Crippen molar-refractivity contribution in [1.82, 2.24) is 15.6 Å². The highest BCUT2D eigenvalue weighted by Crippen LogP contribution is 2.29. The number of nitrogens with one attached hydrogen (secondary N) is 2. The first-order valence-corrected chi connectivity index (χ1v) is 9.28. The third-order valence-electron chi connectivity index (χ3n) is 3.33. The van der Waals surface area contributed by atoms with Crippen LogP contribution in [0.3, 0.4) is 0 Å². The van der Waals surface area contributed by atoms with E-state index in [0.717, 1.165) is 28.9 Å². The molecule has 0 saturated heterocycles. The molecule has 0 aliphatic heterocycles. The van der Waals surface area contributed by atoms with Crippen LogP contribution < -0.4 is 10.6 Å². The summed E-state index contributed by atoms with van der Waals surface area (Å²) >= 11 is 1.02. The zero-order valence-corrected chi connectivity index (χ0v) is 15.6. The van der Waals surface area contributed by atoms with Crippen molar-refractivity contribution >= 4 is 17.3 Å². The van der Waals surface area contributed by atoms with E-state index >= 15 is 0 Å². The van der Waals surface area contributed by atoms with Crippen molar-refractivity contribution in [2.45, 2.75) is 32.9 Å². The molecule has 26 heavy (non-hydrogen) atoms. The number of thiazole rings is 1. The summed E-state index contributed by atoms with van der Waals surface area (Å²) in [5, 5.41) is 7.85. The van der Waals surface area contributed by atoms with E-state index in [9.17, 15) is 13.2 Å². The smallest absolute Gasteiger partial charge is 0.434 e. The van der Waals surface area contributed by atoms with Crippen LogP contribution in [-0.2, 0) is 19.0 Å². The molecule has 5 nitrogen and oxygen atoms in total. The molecular weight excluding hydrogens is 365 g/mol. The lowest BCUT2D eigenvalue weighted by Crippen LogP contribution is -2.39. The second-order valence-corrected chi connectivity index (χ2v) is 7.08. The van der Waals surface area contributed by atoms with Crippen molar-refractivity contribution < 1.29 is 17.6 Å². The lowest BCUT2D eigenvalue weighted by atomic mass is 10.2. The van der Waals surface area contributed by atoms with Crippen molar-refractivity contribution in [2.24, 2.45) is 10.9 Å². The molecule has 144 valence electrons. The number of aliphatic imine (C=N–C) groups is 1. The molecule has 2 aromatic rings. The van der Waals surface area contributed by atoms with Gasteiger partial charge in [0.2, 0.25) is 0 Å². The van der Waals surface area contributed by atoms with Crippen LogP contribution in [-0.4, -0.2) is 30.6 Å². The molecule has 2 aromatic heterocycles. The fourth-order valence-corrected chi connectivity index (χ4v) is 2.86. The zero-order chi connectivity index (χ0) is 19.0. The van der Waals surface area contributed by atoms with Gasteiger partial charge in [0.05, 0.1) is 11.3 Å². The number of halogens is 3. The fraction of sp³-hybridized carbons (Fsp3) is 0.529. The second-order valence-electron chi connectivity index (χ2n) is 6.14. The Morgan fingerprint density at radius 2 is 2.00 bits per heavy atom. The Kier molecular flexibility index (Phi) is 7.50. The van der Waals surface area contributed by atoms with Crippen molar-refractivity contribution in [3.8, 4) is 0 Å². The van der Waals surface area contributed by atoms with Gasteiger partial charge in [-0.25, -0.2) is 4.98 Å². The highest BCUT2D eigenvalue weighted by Gasteiger charge is 2.33. The van der Waals surface area contributed by atoms with Gasteiger partial charge in [-0.1, -0.05) is 13.8 Å². The zero-order valence-electron chi connectivity index (χ0n) is 14.8. The van der Waals surface area contributed by atoms with Crippen molar-refractivity contribution in [3.63, 3.8) is 0 Å². The number of nitrogens with zero attached hydrogens (tertiary/aromatic N) is 2. The lowest BCUT2D eigenvalue weighted by molar-refractivity contribution is -0.140. The van der Waals surface area contributed by atoms with E-state index in [1.807, 2.05) is 12.1 Å². The van der Waals surface area contributed by atoms with Gasteiger partial charge >= 0.3 is 6.18 Å². The van der Waals surface area contributed by atoms with Gasteiger partial charge in [0.1, 0.15) is 5.76 Å². The molecule has 0 unspecified atom stereocenters. The normalized spacial score (nSPS) is 12.6. The molecule has 0 fully saturated rings. The van der Waals surface area contributed by atoms with Crippen LogP contribution in [0.5, 0.6) is 0 Å². The summed E-state index contributed by atoms with van der Waals surface area (Å²) in [6, 6.07) is 3.74. The molecule has 2 N–H and O–H groups in total. The maximum atomic E-state index is 12.6. The van der Waals surface area contributed by atoms with Crippen LogP contribution in [0.4, 0.5) is 13.2 Å². The second kappa shape index (κ2) is 9.61. The van der Waals surface area contributed by atoms with Crippen LogP contribution in [0.15, 0.2) is 33.2 Å². The Bertz CT molecular complexity index is 680. The van der Waals surface area contributed by atoms with Crippen LogP contribution in [0.2, 0.25) is 0 Å². The number of hydrogen-bond donors (Lipinski definition) is 2. The summed E-state index contributed by atoms with van der Waals surface area (Å²) < 4.78 is 43.0. The highest BCUT2D eigenvalue weighted by molar-refractivity contribution is 7.09. The quantitative estimate of drug-likeness (QED) is 0.534. The molecule has 0 bridgehead atoms. The molecule has 0 aliphatic rings. The lowest BCUT2D eigenvalue weighted by Gasteiger charge is -2.12. The predicted molar refractivity (Wildman–Crippen MR) is 96.4 cm³/mol. The number of hydrogen-bond acceptors (Lipinski definition) is 4. The van der Waals surface area contributed by atoms with Crippen LogP contribution in [0.1, 0.15) is 30.3 Å². The van der Waals surface area contributed by atoms with Gasteiger partial charge in [-0.3, -0.25) is 4.99 Å². The average molecular weight is 388 g/mol. The topological polar surface area (TPSA) is 62.5 Å². The van der Waals surface area contributed by atoms with E-state index in [2.05, 4.69) is 34.5 Å². The standard InChI is InChI=1S/C17H23F3N4OS/c1-12(2)10-23-16(21-7-5-13-4-3-9-25-13)22-8-6-15-24-14(11-26-15)17(18,19)20/h3-4,9,11-12H,5-8,10H2,1-2H3,(H2,21,22,23). The van der Waals surface area contributed by atoms with Crippen molar-refractivity contribution in [1.29, 1.82) is 0 Å². The summed E-state index contributed by atoms with van der Waals surface area (Å²) in [5.41, 5.74) is -0.831. The third kappa shape index (κ3) is 7.07. The molecule has 2 heterocycles. The summed E-state index contributed by atoms with van der Waals surface area (Å²) in [6.45, 7) is 5.89. The first-order valence-electron chi connectivity index (χ1n) is 8.40. The molecule has 0 amide bonds. The largest absolute Gasteiger partial charge is 0.469 e. The van der Waals surface area contributed by atoms with E-state index in [4.69, 9.17) is 4.42 Å². The SMILES string of the molecule is CC(C)CN=C(NCCc1ccco1)NCCc1nc(C(F)(F)F)cs1. The predicted octanol–water partition coefficient (Wildman–Crippen LogP) is 3.73. The number of alkyl halides is 3. The van der Waals surface area contributed by atoms with Crippen LogP contribution in [0.25, 0.3) is 0 Å². The minimum atomic E-state index is -4.39. The monoisotopic (exact) mass is 388 g/mol. The van der Waals surface area contributed by atoms with Gasteiger partial charge in [0, 0.05) is 37.9 Å². The maximum Gasteiger partial charge on any atom is 0.434 e. The first kappa shape index (κ1) is 20.3. The fourth-order valence-electron chi connectivity index (χ4n) is 2.05. The minimum Gasteiger partial charge on any atom is -0.469 e. The van der Waals surface area contributed by atoms with E-state index in [1.54, 1.807) is 6.26 Å². The molecular formula is C17H23F3N4OS. The van der Waals surface area contributed by atoms with Crippen molar-refractivity contribution in [2.75, 3.05) is 19.6 Å². The molecule has 0 aliphatic carbocycles. The molecule has 0 saturated carbocycles. The molecule has 0 spiro atoms. The molecule has 9 heteroatoms. The summed E-state index contributed by atoms with van der Waals surface area (Å²) in [5.74, 6) is 1.92. The van der Waals surface area contributed by atoms with E-state index in [-0.39, 0.29) is 0 Å². The van der Waals surface area contributed by atoms with Gasteiger partial charge in [-0.15, -0.1) is 11.3 Å². The molecule has 0 atom stereocenters. The maximum absolute atomic E-state index is 12.6. The van der Waals surface area contributed by atoms with Gasteiger partial charge in [0.25, 0.3) is 0 Å².